The first-order valence-electron chi connectivity index (χ1n) is 6.76. The molecule has 1 aromatic carbocycles. The van der Waals surface area contributed by atoms with Crippen LogP contribution in [0.1, 0.15) is 35.7 Å². The Balaban J connectivity index is 2.27. The third-order valence-electron chi connectivity index (χ3n) is 3.75. The highest BCUT2D eigenvalue weighted by atomic mass is 79.9. The predicted octanol–water partition coefficient (Wildman–Crippen LogP) is 4.60. The van der Waals surface area contributed by atoms with Crippen molar-refractivity contribution in [3.8, 4) is 11.8 Å². The molecular formula is C15H11BrF3N3. The van der Waals surface area contributed by atoms with E-state index < -0.39 is 17.8 Å². The Morgan fingerprint density at radius 1 is 1.36 bits per heavy atom. The average Bonchev–Trinajstić information content (AvgIpc) is 2.87. The molecule has 114 valence electrons. The quantitative estimate of drug-likeness (QED) is 0.737. The number of hydrogen-bond donors (Lipinski definition) is 0. The van der Waals surface area contributed by atoms with Crippen LogP contribution in [-0.2, 0) is 12.6 Å². The van der Waals surface area contributed by atoms with Gasteiger partial charge in [-0.25, -0.2) is 4.68 Å². The lowest BCUT2D eigenvalue weighted by Gasteiger charge is -2.19. The number of halogens is 4. The van der Waals surface area contributed by atoms with Gasteiger partial charge in [0.05, 0.1) is 23.4 Å². The Kier molecular flexibility index (Phi) is 3.73. The highest BCUT2D eigenvalue weighted by molar-refractivity contribution is 9.10. The Hall–Kier alpha value is -1.81. The standard InChI is InChI=1S/C15H11BrF3N3/c16-10-4-2-5-11(7-10)22-13-9(8-20)3-1-6-12(13)14(21-22)15(17,18)19/h2,4-5,7,9H,1,3,6H2. The topological polar surface area (TPSA) is 41.6 Å². The summed E-state index contributed by atoms with van der Waals surface area (Å²) in [5.74, 6) is -0.564. The van der Waals surface area contributed by atoms with Crippen molar-refractivity contribution in [1.82, 2.24) is 9.78 Å². The van der Waals surface area contributed by atoms with Gasteiger partial charge >= 0.3 is 6.18 Å². The zero-order valence-corrected chi connectivity index (χ0v) is 12.9. The van der Waals surface area contributed by atoms with Crippen LogP contribution in [0.5, 0.6) is 0 Å². The summed E-state index contributed by atoms with van der Waals surface area (Å²) >= 11 is 3.31. The SMILES string of the molecule is N#CC1CCCc2c(C(F)(F)F)nn(-c3cccc(Br)c3)c21. The molecular weight excluding hydrogens is 359 g/mol. The number of nitrogens with zero attached hydrogens (tertiary/aromatic N) is 3. The molecule has 1 atom stereocenters. The fraction of sp³-hybridized carbons (Fsp3) is 0.333. The van der Waals surface area contributed by atoms with Crippen LogP contribution in [0.15, 0.2) is 28.7 Å². The van der Waals surface area contributed by atoms with Crippen molar-refractivity contribution in [1.29, 1.82) is 5.26 Å². The smallest absolute Gasteiger partial charge is 0.236 e. The minimum absolute atomic E-state index is 0.158. The van der Waals surface area contributed by atoms with Crippen molar-refractivity contribution >= 4 is 15.9 Å². The molecule has 0 aliphatic heterocycles. The van der Waals surface area contributed by atoms with Crippen LogP contribution in [0, 0.1) is 11.3 Å². The van der Waals surface area contributed by atoms with Gasteiger partial charge in [0.25, 0.3) is 0 Å². The van der Waals surface area contributed by atoms with Gasteiger partial charge in [-0.3, -0.25) is 0 Å². The van der Waals surface area contributed by atoms with Gasteiger partial charge in [0.2, 0.25) is 0 Å². The normalized spacial score (nSPS) is 17.9. The second-order valence-corrected chi connectivity index (χ2v) is 6.09. The number of alkyl halides is 3. The summed E-state index contributed by atoms with van der Waals surface area (Å²) < 4.78 is 41.8. The molecule has 1 aliphatic rings. The second kappa shape index (κ2) is 5.43. The van der Waals surface area contributed by atoms with E-state index in [2.05, 4.69) is 27.1 Å². The van der Waals surface area contributed by atoms with Crippen LogP contribution in [0.4, 0.5) is 13.2 Å². The summed E-state index contributed by atoms with van der Waals surface area (Å²) in [6.07, 6.45) is -3.09. The number of rotatable bonds is 1. The van der Waals surface area contributed by atoms with E-state index in [1.54, 1.807) is 24.3 Å². The van der Waals surface area contributed by atoms with Crippen molar-refractivity contribution in [2.45, 2.75) is 31.4 Å². The Morgan fingerprint density at radius 2 is 2.14 bits per heavy atom. The molecule has 0 bridgehead atoms. The lowest BCUT2D eigenvalue weighted by atomic mass is 9.87. The molecule has 0 amide bonds. The van der Waals surface area contributed by atoms with Crippen LogP contribution in [0.2, 0.25) is 0 Å². The molecule has 3 rings (SSSR count). The summed E-state index contributed by atoms with van der Waals surface area (Å²) in [6, 6.07) is 8.99. The number of fused-ring (bicyclic) bond motifs is 1. The summed E-state index contributed by atoms with van der Waals surface area (Å²) in [4.78, 5) is 0. The maximum absolute atomic E-state index is 13.2. The summed E-state index contributed by atoms with van der Waals surface area (Å²) in [6.45, 7) is 0. The molecule has 22 heavy (non-hydrogen) atoms. The third kappa shape index (κ3) is 2.52. The maximum Gasteiger partial charge on any atom is 0.435 e. The molecule has 7 heteroatoms. The van der Waals surface area contributed by atoms with E-state index in [0.717, 1.165) is 4.47 Å². The van der Waals surface area contributed by atoms with E-state index in [-0.39, 0.29) is 5.56 Å². The number of benzene rings is 1. The lowest BCUT2D eigenvalue weighted by molar-refractivity contribution is -0.142. The van der Waals surface area contributed by atoms with Crippen LogP contribution in [0.25, 0.3) is 5.69 Å². The average molecular weight is 370 g/mol. The summed E-state index contributed by atoms with van der Waals surface area (Å²) in [5.41, 5.74) is 0.176. The molecule has 3 nitrogen and oxygen atoms in total. The van der Waals surface area contributed by atoms with Crippen molar-refractivity contribution < 1.29 is 13.2 Å². The van der Waals surface area contributed by atoms with E-state index in [1.807, 2.05) is 0 Å². The lowest BCUT2D eigenvalue weighted by Crippen LogP contribution is -2.14. The predicted molar refractivity (Wildman–Crippen MR) is 77.6 cm³/mol. The largest absolute Gasteiger partial charge is 0.435 e. The molecule has 0 N–H and O–H groups in total. The van der Waals surface area contributed by atoms with E-state index in [1.165, 1.54) is 4.68 Å². The molecule has 1 aromatic heterocycles. The van der Waals surface area contributed by atoms with Crippen molar-refractivity contribution in [2.75, 3.05) is 0 Å². The highest BCUT2D eigenvalue weighted by Gasteiger charge is 2.41. The summed E-state index contributed by atoms with van der Waals surface area (Å²) in [7, 11) is 0. The monoisotopic (exact) mass is 369 g/mol. The third-order valence-corrected chi connectivity index (χ3v) is 4.24. The zero-order chi connectivity index (χ0) is 15.9. The highest BCUT2D eigenvalue weighted by Crippen LogP contribution is 2.40. The first-order valence-corrected chi connectivity index (χ1v) is 7.55. The number of nitriles is 1. The first-order chi connectivity index (χ1) is 10.4. The fourth-order valence-corrected chi connectivity index (χ4v) is 3.23. The molecule has 0 spiro atoms. The molecule has 0 radical (unpaired) electrons. The molecule has 2 aromatic rings. The van der Waals surface area contributed by atoms with Crippen LogP contribution in [0.3, 0.4) is 0 Å². The van der Waals surface area contributed by atoms with Gasteiger partial charge in [-0.2, -0.15) is 23.5 Å². The number of aromatic nitrogens is 2. The van der Waals surface area contributed by atoms with Gasteiger partial charge in [-0.15, -0.1) is 0 Å². The number of hydrogen-bond acceptors (Lipinski definition) is 2. The van der Waals surface area contributed by atoms with Gasteiger partial charge in [-0.05, 0) is 37.5 Å². The van der Waals surface area contributed by atoms with Crippen LogP contribution >= 0.6 is 15.9 Å². The second-order valence-electron chi connectivity index (χ2n) is 5.18. The van der Waals surface area contributed by atoms with E-state index in [4.69, 9.17) is 0 Å². The van der Waals surface area contributed by atoms with Gasteiger partial charge in [-0.1, -0.05) is 22.0 Å². The Bertz CT molecular complexity index is 758. The van der Waals surface area contributed by atoms with E-state index in [9.17, 15) is 18.4 Å². The molecule has 0 saturated carbocycles. The van der Waals surface area contributed by atoms with Gasteiger partial charge < -0.3 is 0 Å². The minimum Gasteiger partial charge on any atom is -0.236 e. The summed E-state index contributed by atoms with van der Waals surface area (Å²) in [5, 5.41) is 13.1. The molecule has 1 aliphatic carbocycles. The fourth-order valence-electron chi connectivity index (χ4n) is 2.85. The minimum atomic E-state index is -4.52. The zero-order valence-electron chi connectivity index (χ0n) is 11.4. The first kappa shape index (κ1) is 15.1. The van der Waals surface area contributed by atoms with Crippen molar-refractivity contribution in [3.63, 3.8) is 0 Å². The Labute approximate surface area is 133 Å². The van der Waals surface area contributed by atoms with Crippen molar-refractivity contribution in [2.24, 2.45) is 0 Å². The van der Waals surface area contributed by atoms with Gasteiger partial charge in [0.1, 0.15) is 0 Å². The van der Waals surface area contributed by atoms with Crippen molar-refractivity contribution in [3.05, 3.63) is 45.7 Å². The van der Waals surface area contributed by atoms with E-state index in [0.29, 0.717) is 30.6 Å². The molecule has 0 fully saturated rings. The molecule has 1 unspecified atom stereocenters. The van der Waals surface area contributed by atoms with Gasteiger partial charge in [0, 0.05) is 10.0 Å². The molecule has 0 saturated heterocycles. The van der Waals surface area contributed by atoms with E-state index >= 15 is 0 Å². The van der Waals surface area contributed by atoms with Crippen LogP contribution in [-0.4, -0.2) is 9.78 Å². The Morgan fingerprint density at radius 3 is 2.77 bits per heavy atom. The van der Waals surface area contributed by atoms with Gasteiger partial charge in [0.15, 0.2) is 5.69 Å². The van der Waals surface area contributed by atoms with Crippen LogP contribution < -0.4 is 0 Å². The molecule has 1 heterocycles. The maximum atomic E-state index is 13.2.